The lowest BCUT2D eigenvalue weighted by Gasteiger charge is -2.40. The van der Waals surface area contributed by atoms with Gasteiger partial charge in [0.15, 0.2) is 0 Å². The van der Waals surface area contributed by atoms with Gasteiger partial charge in [-0.15, -0.1) is 18.3 Å². The van der Waals surface area contributed by atoms with Gasteiger partial charge in [-0.3, -0.25) is 19.2 Å². The van der Waals surface area contributed by atoms with E-state index in [0.29, 0.717) is 30.3 Å². The summed E-state index contributed by atoms with van der Waals surface area (Å²) in [6, 6.07) is 13.8. The highest BCUT2D eigenvalue weighted by atomic mass is 16.6. The van der Waals surface area contributed by atoms with Crippen molar-refractivity contribution in [1.29, 1.82) is 0 Å². The van der Waals surface area contributed by atoms with Gasteiger partial charge in [-0.1, -0.05) is 73.7 Å². The second kappa shape index (κ2) is 16.6. The Labute approximate surface area is 315 Å². The number of nitrogens with zero attached hydrogens (tertiary/aromatic N) is 5. The molecule has 1 spiro atoms. The fraction of sp³-hybridized carbons (Fsp3) is 0.500. The van der Waals surface area contributed by atoms with Crippen molar-refractivity contribution in [2.75, 3.05) is 26.9 Å². The zero-order valence-corrected chi connectivity index (χ0v) is 31.1. The Balaban J connectivity index is 1.35. The van der Waals surface area contributed by atoms with E-state index in [1.807, 2.05) is 56.3 Å². The first-order valence-corrected chi connectivity index (χ1v) is 18.5. The Kier molecular flexibility index (Phi) is 11.9. The number of benzene rings is 2. The molecule has 4 heterocycles. The van der Waals surface area contributed by atoms with Crippen molar-refractivity contribution in [2.24, 2.45) is 17.8 Å². The normalized spacial score (nSPS) is 24.6. The van der Waals surface area contributed by atoms with Gasteiger partial charge in [0.1, 0.15) is 29.9 Å². The van der Waals surface area contributed by atoms with Gasteiger partial charge in [-0.05, 0) is 42.9 Å². The van der Waals surface area contributed by atoms with Crippen LogP contribution < -0.4 is 5.32 Å². The van der Waals surface area contributed by atoms with E-state index in [9.17, 15) is 24.3 Å². The molecular formula is C40H50N6O8. The molecular weight excluding hydrogens is 692 g/mol. The van der Waals surface area contributed by atoms with Crippen LogP contribution in [0.5, 0.6) is 0 Å². The highest BCUT2D eigenvalue weighted by Crippen LogP contribution is 2.59. The summed E-state index contributed by atoms with van der Waals surface area (Å²) in [5, 5.41) is 22.2. The van der Waals surface area contributed by atoms with Crippen molar-refractivity contribution in [3.05, 3.63) is 85.5 Å². The van der Waals surface area contributed by atoms with Crippen molar-refractivity contribution in [3.8, 4) is 0 Å². The Morgan fingerprint density at radius 1 is 1.13 bits per heavy atom. The first-order valence-electron chi connectivity index (χ1n) is 18.5. The lowest BCUT2D eigenvalue weighted by atomic mass is 9.70. The zero-order chi connectivity index (χ0) is 38.6. The number of aliphatic hydroxyl groups is 1. The molecule has 0 aliphatic carbocycles. The Morgan fingerprint density at radius 2 is 1.87 bits per heavy atom. The van der Waals surface area contributed by atoms with Crippen molar-refractivity contribution in [1.82, 2.24) is 30.1 Å². The van der Waals surface area contributed by atoms with Gasteiger partial charge in [0.05, 0.1) is 48.8 Å². The smallest absolute Gasteiger partial charge is 0.313 e. The minimum absolute atomic E-state index is 0.0170. The molecule has 8 atom stereocenters. The minimum atomic E-state index is -1.36. The molecule has 1 aromatic heterocycles. The lowest BCUT2D eigenvalue weighted by Crippen LogP contribution is -2.59. The van der Waals surface area contributed by atoms with Gasteiger partial charge < -0.3 is 34.4 Å². The second-order valence-electron chi connectivity index (χ2n) is 14.6. The summed E-state index contributed by atoms with van der Waals surface area (Å²) in [5.74, 6) is -4.13. The number of allylic oxidation sites excluding steroid dienone is 1. The number of amides is 3. The standard InChI is InChI=1S/C40H50N6O8/c1-6-8-18-32(48)41-28(23-52-5)35(26-14-10-9-11-15-26)53-39(51)33-31-19-20-40(54-31)34(33)37(49)46(30(22-47)25(3)4)36(40)38(50)44(21-7-2)24-45-29-17-13-12-16-27(29)42-43-45/h6-7,9-17,25,28,30-31,33-36,47H,1-2,8,18-24H2,3-5H3,(H,41,48)/t28-,30+,31-,33+,34+,35-,36-,40+/m1/s1. The number of aliphatic hydroxyl groups excluding tert-OH is 1. The highest BCUT2D eigenvalue weighted by molar-refractivity contribution is 5.98. The van der Waals surface area contributed by atoms with Gasteiger partial charge >= 0.3 is 5.97 Å². The Morgan fingerprint density at radius 3 is 2.56 bits per heavy atom. The third-order valence-electron chi connectivity index (χ3n) is 10.9. The van der Waals surface area contributed by atoms with Crippen LogP contribution in [0.2, 0.25) is 0 Å². The van der Waals surface area contributed by atoms with Crippen molar-refractivity contribution >= 4 is 34.7 Å². The quantitative estimate of drug-likeness (QED) is 0.146. The molecule has 0 radical (unpaired) electrons. The van der Waals surface area contributed by atoms with Crippen LogP contribution in [0.3, 0.4) is 0 Å². The molecule has 2 N–H and O–H groups in total. The molecule has 6 rings (SSSR count). The number of carbonyl (C=O) groups is 4. The second-order valence-corrected chi connectivity index (χ2v) is 14.6. The minimum Gasteiger partial charge on any atom is -0.455 e. The molecule has 0 unspecified atom stereocenters. The summed E-state index contributed by atoms with van der Waals surface area (Å²) < 4.78 is 20.1. The average Bonchev–Trinajstić information content (AvgIpc) is 3.92. The van der Waals surface area contributed by atoms with Gasteiger partial charge in [-0.25, -0.2) is 4.68 Å². The number of hydrogen-bond acceptors (Lipinski definition) is 10. The number of para-hydroxylation sites is 1. The number of hydrogen-bond donors (Lipinski definition) is 2. The third kappa shape index (κ3) is 7.17. The number of nitrogens with one attached hydrogen (secondary N) is 1. The summed E-state index contributed by atoms with van der Waals surface area (Å²) >= 11 is 0. The van der Waals surface area contributed by atoms with E-state index in [2.05, 4.69) is 28.8 Å². The first kappa shape index (κ1) is 38.8. The van der Waals surface area contributed by atoms with E-state index in [1.54, 1.807) is 33.9 Å². The molecule has 14 heteroatoms. The lowest BCUT2D eigenvalue weighted by molar-refractivity contribution is -0.164. The van der Waals surface area contributed by atoms with Crippen molar-refractivity contribution in [3.63, 3.8) is 0 Å². The zero-order valence-electron chi connectivity index (χ0n) is 31.1. The highest BCUT2D eigenvalue weighted by Gasteiger charge is 2.76. The van der Waals surface area contributed by atoms with Crippen LogP contribution in [0.1, 0.15) is 51.2 Å². The van der Waals surface area contributed by atoms with Crippen LogP contribution in [0.4, 0.5) is 0 Å². The van der Waals surface area contributed by atoms with Crippen LogP contribution in [0.15, 0.2) is 79.9 Å². The maximum Gasteiger partial charge on any atom is 0.313 e. The third-order valence-corrected chi connectivity index (χ3v) is 10.9. The number of rotatable bonds is 18. The fourth-order valence-corrected chi connectivity index (χ4v) is 8.47. The largest absolute Gasteiger partial charge is 0.455 e. The van der Waals surface area contributed by atoms with E-state index in [0.717, 1.165) is 5.52 Å². The number of carbonyl (C=O) groups excluding carboxylic acids is 4. The molecule has 3 aliphatic rings. The molecule has 3 saturated heterocycles. The number of likely N-dealkylation sites (tertiary alicyclic amines) is 1. The SMILES string of the molecule is C=CCCC(=O)N[C@H](COC)[C@H](OC(=O)[C@@H]1[C@H]2C(=O)N([C@@H](CO)C(C)C)[C@H](C(=O)N(CC=C)Cn3nnc4ccccc43)[C@]23CC[C@H]1O3)c1ccccc1. The summed E-state index contributed by atoms with van der Waals surface area (Å²) in [7, 11) is 1.50. The van der Waals surface area contributed by atoms with E-state index < -0.39 is 72.2 Å². The molecule has 288 valence electrons. The molecule has 0 saturated carbocycles. The van der Waals surface area contributed by atoms with Crippen molar-refractivity contribution < 1.29 is 38.5 Å². The molecule has 3 aromatic rings. The van der Waals surface area contributed by atoms with E-state index >= 15 is 0 Å². The summed E-state index contributed by atoms with van der Waals surface area (Å²) in [6.45, 7) is 11.1. The summed E-state index contributed by atoms with van der Waals surface area (Å²) in [4.78, 5) is 60.3. The number of ether oxygens (including phenoxy) is 3. The van der Waals surface area contributed by atoms with Gasteiger partial charge in [0.25, 0.3) is 0 Å². The molecule has 2 aromatic carbocycles. The molecule has 54 heavy (non-hydrogen) atoms. The summed E-state index contributed by atoms with van der Waals surface area (Å²) in [5.41, 5.74) is 0.658. The molecule has 3 amide bonds. The van der Waals surface area contributed by atoms with Crippen molar-refractivity contribution in [2.45, 2.75) is 82.1 Å². The van der Waals surface area contributed by atoms with Crippen LogP contribution in [-0.2, 0) is 40.1 Å². The van der Waals surface area contributed by atoms with E-state index in [-0.39, 0.29) is 38.1 Å². The Bertz CT molecular complexity index is 1850. The molecule has 3 aliphatic heterocycles. The van der Waals surface area contributed by atoms with Crippen LogP contribution >= 0.6 is 0 Å². The molecule has 3 fully saturated rings. The predicted molar refractivity (Wildman–Crippen MR) is 198 cm³/mol. The Hall–Kier alpha value is -4.92. The predicted octanol–water partition coefficient (Wildman–Crippen LogP) is 3.18. The fourth-order valence-electron chi connectivity index (χ4n) is 8.47. The maximum absolute atomic E-state index is 15.0. The van der Waals surface area contributed by atoms with Gasteiger partial charge in [-0.2, -0.15) is 0 Å². The first-order chi connectivity index (χ1) is 26.1. The van der Waals surface area contributed by atoms with Gasteiger partial charge in [0.2, 0.25) is 17.7 Å². The molecule has 14 nitrogen and oxygen atoms in total. The monoisotopic (exact) mass is 742 g/mol. The number of aromatic nitrogens is 3. The van der Waals surface area contributed by atoms with Crippen LogP contribution in [-0.4, -0.2) is 110 Å². The number of esters is 1. The van der Waals surface area contributed by atoms with Gasteiger partial charge in [0, 0.05) is 20.1 Å². The molecule has 2 bridgehead atoms. The van der Waals surface area contributed by atoms with Crippen LogP contribution in [0, 0.1) is 17.8 Å². The van der Waals surface area contributed by atoms with E-state index in [1.165, 1.54) is 12.0 Å². The topological polar surface area (TPSA) is 165 Å². The number of fused-ring (bicyclic) bond motifs is 2. The maximum atomic E-state index is 15.0. The van der Waals surface area contributed by atoms with E-state index in [4.69, 9.17) is 14.2 Å². The summed E-state index contributed by atoms with van der Waals surface area (Å²) in [6.07, 6.45) is 3.02. The van der Waals surface area contributed by atoms with Crippen LogP contribution in [0.25, 0.3) is 11.0 Å². The number of methoxy groups -OCH3 is 1. The average molecular weight is 743 g/mol.